The highest BCUT2D eigenvalue weighted by molar-refractivity contribution is 5.36. The van der Waals surface area contributed by atoms with Crippen molar-refractivity contribution < 1.29 is 4.74 Å². The van der Waals surface area contributed by atoms with Gasteiger partial charge in [-0.3, -0.25) is 5.84 Å². The third-order valence-electron chi connectivity index (χ3n) is 3.52. The SMILES string of the molecule is CCCCOc1ccc(C(NN)c2cccc(C)c2)cc1. The fraction of sp³-hybridized carbons (Fsp3) is 0.333. The zero-order chi connectivity index (χ0) is 15.1. The minimum Gasteiger partial charge on any atom is -0.494 e. The van der Waals surface area contributed by atoms with Crippen molar-refractivity contribution in [3.05, 3.63) is 65.2 Å². The molecule has 2 aromatic carbocycles. The molecule has 0 fully saturated rings. The van der Waals surface area contributed by atoms with Gasteiger partial charge in [0, 0.05) is 0 Å². The van der Waals surface area contributed by atoms with Gasteiger partial charge < -0.3 is 4.74 Å². The number of rotatable bonds is 7. The van der Waals surface area contributed by atoms with Crippen molar-refractivity contribution in [3.8, 4) is 5.75 Å². The molecule has 2 rings (SSSR count). The summed E-state index contributed by atoms with van der Waals surface area (Å²) in [6, 6.07) is 16.5. The maximum absolute atomic E-state index is 5.74. The molecular formula is C18H24N2O. The number of hydrogen-bond donors (Lipinski definition) is 2. The lowest BCUT2D eigenvalue weighted by Crippen LogP contribution is -2.28. The molecule has 3 nitrogen and oxygen atoms in total. The van der Waals surface area contributed by atoms with E-state index in [1.165, 1.54) is 5.56 Å². The van der Waals surface area contributed by atoms with Gasteiger partial charge in [0.2, 0.25) is 0 Å². The van der Waals surface area contributed by atoms with Crippen molar-refractivity contribution >= 4 is 0 Å². The average Bonchev–Trinajstić information content (AvgIpc) is 2.50. The van der Waals surface area contributed by atoms with Crippen molar-refractivity contribution in [1.29, 1.82) is 0 Å². The second-order valence-corrected chi connectivity index (χ2v) is 5.28. The van der Waals surface area contributed by atoms with E-state index in [0.29, 0.717) is 0 Å². The predicted octanol–water partition coefficient (Wildman–Crippen LogP) is 3.73. The van der Waals surface area contributed by atoms with Crippen LogP contribution in [0.1, 0.15) is 42.5 Å². The maximum Gasteiger partial charge on any atom is 0.119 e. The molecule has 0 aromatic heterocycles. The Bertz CT molecular complexity index is 551. The number of benzene rings is 2. The minimum atomic E-state index is -0.00501. The van der Waals surface area contributed by atoms with Crippen LogP contribution in [0.5, 0.6) is 5.75 Å². The van der Waals surface area contributed by atoms with Gasteiger partial charge in [-0.2, -0.15) is 0 Å². The van der Waals surface area contributed by atoms with Crippen LogP contribution in [0.3, 0.4) is 0 Å². The van der Waals surface area contributed by atoms with Crippen molar-refractivity contribution in [2.24, 2.45) is 5.84 Å². The Labute approximate surface area is 127 Å². The zero-order valence-corrected chi connectivity index (χ0v) is 12.8. The second-order valence-electron chi connectivity index (χ2n) is 5.28. The topological polar surface area (TPSA) is 47.3 Å². The van der Waals surface area contributed by atoms with E-state index < -0.39 is 0 Å². The van der Waals surface area contributed by atoms with Gasteiger partial charge in [0.05, 0.1) is 12.6 Å². The smallest absolute Gasteiger partial charge is 0.119 e. The molecule has 0 saturated heterocycles. The van der Waals surface area contributed by atoms with Crippen LogP contribution < -0.4 is 16.0 Å². The minimum absolute atomic E-state index is 0.00501. The average molecular weight is 284 g/mol. The molecular weight excluding hydrogens is 260 g/mol. The standard InChI is InChI=1S/C18H24N2O/c1-3-4-12-21-17-10-8-15(9-11-17)18(20-19)16-7-5-6-14(2)13-16/h5-11,13,18,20H,3-4,12,19H2,1-2H3. The van der Waals surface area contributed by atoms with Gasteiger partial charge in [-0.25, -0.2) is 5.43 Å². The second kappa shape index (κ2) is 7.81. The Balaban J connectivity index is 2.12. The molecule has 0 aliphatic heterocycles. The first-order chi connectivity index (χ1) is 10.2. The lowest BCUT2D eigenvalue weighted by molar-refractivity contribution is 0.309. The molecule has 21 heavy (non-hydrogen) atoms. The molecule has 0 aliphatic rings. The first-order valence-corrected chi connectivity index (χ1v) is 7.50. The Morgan fingerprint density at radius 1 is 1.10 bits per heavy atom. The molecule has 112 valence electrons. The molecule has 0 spiro atoms. The number of nitrogens with one attached hydrogen (secondary N) is 1. The van der Waals surface area contributed by atoms with E-state index in [1.807, 2.05) is 12.1 Å². The van der Waals surface area contributed by atoms with Crippen LogP contribution in [0.15, 0.2) is 48.5 Å². The Morgan fingerprint density at radius 2 is 1.86 bits per heavy atom. The zero-order valence-electron chi connectivity index (χ0n) is 12.8. The molecule has 0 radical (unpaired) electrons. The Hall–Kier alpha value is -1.84. The van der Waals surface area contributed by atoms with Gasteiger partial charge in [-0.05, 0) is 36.6 Å². The lowest BCUT2D eigenvalue weighted by atomic mass is 9.98. The summed E-state index contributed by atoms with van der Waals surface area (Å²) in [6.45, 7) is 5.01. The van der Waals surface area contributed by atoms with E-state index in [-0.39, 0.29) is 6.04 Å². The van der Waals surface area contributed by atoms with E-state index in [9.17, 15) is 0 Å². The fourth-order valence-electron chi connectivity index (χ4n) is 2.33. The van der Waals surface area contributed by atoms with Crippen LogP contribution in [-0.4, -0.2) is 6.61 Å². The molecule has 1 unspecified atom stereocenters. The summed E-state index contributed by atoms with van der Waals surface area (Å²) in [5.41, 5.74) is 6.42. The molecule has 0 bridgehead atoms. The summed E-state index contributed by atoms with van der Waals surface area (Å²) in [4.78, 5) is 0. The first-order valence-electron chi connectivity index (χ1n) is 7.50. The normalized spacial score (nSPS) is 12.1. The molecule has 0 heterocycles. The highest BCUT2D eigenvalue weighted by atomic mass is 16.5. The molecule has 3 N–H and O–H groups in total. The largest absolute Gasteiger partial charge is 0.494 e. The fourth-order valence-corrected chi connectivity index (χ4v) is 2.33. The van der Waals surface area contributed by atoms with Crippen LogP contribution in [0, 0.1) is 6.92 Å². The Kier molecular flexibility index (Phi) is 5.78. The number of hydrogen-bond acceptors (Lipinski definition) is 3. The monoisotopic (exact) mass is 284 g/mol. The van der Waals surface area contributed by atoms with E-state index >= 15 is 0 Å². The van der Waals surface area contributed by atoms with Crippen molar-refractivity contribution in [2.45, 2.75) is 32.7 Å². The maximum atomic E-state index is 5.74. The number of hydrazine groups is 1. The molecule has 0 aliphatic carbocycles. The number of nitrogens with two attached hydrogens (primary N) is 1. The van der Waals surface area contributed by atoms with Crippen molar-refractivity contribution in [2.75, 3.05) is 6.61 Å². The summed E-state index contributed by atoms with van der Waals surface area (Å²) in [5.74, 6) is 6.65. The van der Waals surface area contributed by atoms with Gasteiger partial charge >= 0.3 is 0 Å². The van der Waals surface area contributed by atoms with Gasteiger partial charge in [0.25, 0.3) is 0 Å². The molecule has 3 heteroatoms. The van der Waals surface area contributed by atoms with Crippen LogP contribution in [0.25, 0.3) is 0 Å². The van der Waals surface area contributed by atoms with Gasteiger partial charge in [0.1, 0.15) is 5.75 Å². The molecule has 1 atom stereocenters. The van der Waals surface area contributed by atoms with Gasteiger partial charge in [-0.1, -0.05) is 55.3 Å². The number of aryl methyl sites for hydroxylation is 1. The Morgan fingerprint density at radius 3 is 2.48 bits per heavy atom. The highest BCUT2D eigenvalue weighted by Crippen LogP contribution is 2.24. The van der Waals surface area contributed by atoms with Crippen LogP contribution in [0.2, 0.25) is 0 Å². The first kappa shape index (κ1) is 15.5. The van der Waals surface area contributed by atoms with E-state index in [0.717, 1.165) is 36.3 Å². The van der Waals surface area contributed by atoms with Crippen molar-refractivity contribution in [3.63, 3.8) is 0 Å². The summed E-state index contributed by atoms with van der Waals surface area (Å²) >= 11 is 0. The summed E-state index contributed by atoms with van der Waals surface area (Å²) in [7, 11) is 0. The molecule has 0 saturated carbocycles. The molecule has 0 amide bonds. The van der Waals surface area contributed by atoms with Crippen molar-refractivity contribution in [1.82, 2.24) is 5.43 Å². The van der Waals surface area contributed by atoms with Gasteiger partial charge in [0.15, 0.2) is 0 Å². The summed E-state index contributed by atoms with van der Waals surface area (Å²) in [6.07, 6.45) is 2.22. The van der Waals surface area contributed by atoms with Crippen LogP contribution in [-0.2, 0) is 0 Å². The predicted molar refractivity (Wildman–Crippen MR) is 87.2 cm³/mol. The van der Waals surface area contributed by atoms with Gasteiger partial charge in [-0.15, -0.1) is 0 Å². The quantitative estimate of drug-likeness (QED) is 0.463. The van der Waals surface area contributed by atoms with E-state index in [4.69, 9.17) is 10.6 Å². The lowest BCUT2D eigenvalue weighted by Gasteiger charge is -2.18. The van der Waals surface area contributed by atoms with E-state index in [1.54, 1.807) is 0 Å². The number of ether oxygens (including phenoxy) is 1. The van der Waals surface area contributed by atoms with Crippen LogP contribution >= 0.6 is 0 Å². The van der Waals surface area contributed by atoms with E-state index in [2.05, 4.69) is 55.7 Å². The summed E-state index contributed by atoms with van der Waals surface area (Å²) in [5, 5.41) is 0. The highest BCUT2D eigenvalue weighted by Gasteiger charge is 2.12. The third-order valence-corrected chi connectivity index (χ3v) is 3.52. The molecule has 2 aromatic rings. The van der Waals surface area contributed by atoms with Crippen LogP contribution in [0.4, 0.5) is 0 Å². The summed E-state index contributed by atoms with van der Waals surface area (Å²) < 4.78 is 5.69. The third kappa shape index (κ3) is 4.31. The number of unbranched alkanes of at least 4 members (excludes halogenated alkanes) is 1.